The van der Waals surface area contributed by atoms with Crippen LogP contribution in [0.5, 0.6) is 23.0 Å². The largest absolute Gasteiger partial charge is 0.456 e. The van der Waals surface area contributed by atoms with Crippen LogP contribution in [-0.2, 0) is 23.3 Å². The van der Waals surface area contributed by atoms with E-state index >= 15 is 0 Å². The number of benzene rings is 3. The molecular formula is C39H34F6N2O6. The zero-order valence-electron chi connectivity index (χ0n) is 30.2. The highest BCUT2D eigenvalue weighted by molar-refractivity contribution is 6.24. The summed E-state index contributed by atoms with van der Waals surface area (Å²) >= 11 is 0. The van der Waals surface area contributed by atoms with Gasteiger partial charge in [-0.05, 0) is 106 Å². The SMILES string of the molecule is Cc1cc(Oc2ccc(-n3c(=O)c4c(c3=O)c3c(=O)n(C(C)(C)C)c(=O)c43)cc2C(F)(F)F)c(C)c(C)c1Oc1ccc(C(C)(C)C)cc1C(F)(F)F. The van der Waals surface area contributed by atoms with Gasteiger partial charge in [0, 0.05) is 5.54 Å². The fourth-order valence-electron chi connectivity index (χ4n) is 6.56. The maximum absolute atomic E-state index is 14.5. The summed E-state index contributed by atoms with van der Waals surface area (Å²) in [5.41, 5.74) is -6.64. The Morgan fingerprint density at radius 3 is 1.51 bits per heavy atom. The predicted molar refractivity (Wildman–Crippen MR) is 188 cm³/mol. The van der Waals surface area contributed by atoms with E-state index < -0.39 is 73.9 Å². The molecule has 6 rings (SSSR count). The van der Waals surface area contributed by atoms with Crippen LogP contribution in [0.3, 0.4) is 0 Å². The molecule has 14 heteroatoms. The van der Waals surface area contributed by atoms with Gasteiger partial charge in [-0.1, -0.05) is 26.8 Å². The van der Waals surface area contributed by atoms with Crippen molar-refractivity contribution in [2.75, 3.05) is 0 Å². The lowest BCUT2D eigenvalue weighted by Gasteiger charge is -2.23. The van der Waals surface area contributed by atoms with E-state index in [0.717, 1.165) is 22.8 Å². The maximum Gasteiger partial charge on any atom is 0.420 e. The first-order valence-electron chi connectivity index (χ1n) is 16.4. The van der Waals surface area contributed by atoms with Crippen LogP contribution in [0.25, 0.3) is 27.2 Å². The van der Waals surface area contributed by atoms with Crippen LogP contribution in [0.15, 0.2) is 61.6 Å². The number of aryl methyl sites for hydroxylation is 1. The van der Waals surface area contributed by atoms with Crippen LogP contribution >= 0.6 is 0 Å². The molecule has 0 saturated heterocycles. The first kappa shape index (κ1) is 37.4. The average Bonchev–Trinajstić information content (AvgIpc) is 3.34. The van der Waals surface area contributed by atoms with Gasteiger partial charge in [-0.25, -0.2) is 4.57 Å². The van der Waals surface area contributed by atoms with Gasteiger partial charge in [0.2, 0.25) is 0 Å². The van der Waals surface area contributed by atoms with Gasteiger partial charge < -0.3 is 9.47 Å². The molecule has 0 atom stereocenters. The van der Waals surface area contributed by atoms with Crippen LogP contribution in [-0.4, -0.2) is 9.13 Å². The zero-order chi connectivity index (χ0) is 39.5. The number of halogens is 6. The third-order valence-electron chi connectivity index (χ3n) is 9.43. The van der Waals surface area contributed by atoms with Gasteiger partial charge >= 0.3 is 12.4 Å². The molecule has 8 nitrogen and oxygen atoms in total. The first-order chi connectivity index (χ1) is 24.2. The van der Waals surface area contributed by atoms with Crippen molar-refractivity contribution in [3.8, 4) is 28.7 Å². The van der Waals surface area contributed by atoms with Crippen molar-refractivity contribution in [2.24, 2.45) is 0 Å². The average molecular weight is 741 g/mol. The van der Waals surface area contributed by atoms with Gasteiger partial charge in [-0.2, -0.15) is 26.3 Å². The Hall–Kier alpha value is -5.40. The number of alkyl halides is 6. The summed E-state index contributed by atoms with van der Waals surface area (Å²) in [6.07, 6.45) is -9.79. The molecule has 0 spiro atoms. The Bertz CT molecular complexity index is 2600. The highest BCUT2D eigenvalue weighted by Gasteiger charge is 2.38. The van der Waals surface area contributed by atoms with Crippen LogP contribution in [0, 0.1) is 20.8 Å². The fraction of sp³-hybridized carbons (Fsp3) is 0.333. The standard InChI is InChI=1S/C39H34F6N2O6/c1-17-14-26(18(2)19(3)31(17)53-25-12-10-20(36(4,5)6)15-22(25)38(40,41)42)52-24-13-11-21(16-23(24)39(43,44)45)46-32(48)27-28(33(46)49)30-29(27)34(50)47(35(30)51)37(7,8)9/h10-16H,1-9H3. The molecule has 0 aliphatic rings. The lowest BCUT2D eigenvalue weighted by molar-refractivity contribution is -0.139. The number of fused-ring (bicyclic) bond motifs is 4. The number of rotatable bonds is 5. The minimum atomic E-state index is -5.05. The fourth-order valence-corrected chi connectivity index (χ4v) is 6.56. The monoisotopic (exact) mass is 740 g/mol. The van der Waals surface area contributed by atoms with Crippen LogP contribution in [0.2, 0.25) is 0 Å². The third kappa shape index (κ3) is 5.97. The van der Waals surface area contributed by atoms with Gasteiger partial charge in [0.15, 0.2) is 0 Å². The molecule has 53 heavy (non-hydrogen) atoms. The van der Waals surface area contributed by atoms with Crippen molar-refractivity contribution < 1.29 is 35.8 Å². The predicted octanol–water partition coefficient (Wildman–Crippen LogP) is 8.94. The Morgan fingerprint density at radius 2 is 1.02 bits per heavy atom. The van der Waals surface area contributed by atoms with Crippen LogP contribution in [0.4, 0.5) is 26.3 Å². The second-order valence-corrected chi connectivity index (χ2v) is 15.2. The van der Waals surface area contributed by atoms with Crippen molar-refractivity contribution >= 4 is 21.5 Å². The molecule has 0 radical (unpaired) electrons. The molecule has 6 aromatic rings. The van der Waals surface area contributed by atoms with Crippen molar-refractivity contribution in [2.45, 2.75) is 85.6 Å². The number of hydrogen-bond donors (Lipinski definition) is 0. The smallest absolute Gasteiger partial charge is 0.420 e. The summed E-state index contributed by atoms with van der Waals surface area (Å²) in [6, 6.07) is 7.68. The van der Waals surface area contributed by atoms with E-state index in [9.17, 15) is 45.5 Å². The Balaban J connectivity index is 1.40. The van der Waals surface area contributed by atoms with Gasteiger partial charge in [0.1, 0.15) is 28.6 Å². The summed E-state index contributed by atoms with van der Waals surface area (Å²) < 4.78 is 99.0. The quantitative estimate of drug-likeness (QED) is 0.164. The van der Waals surface area contributed by atoms with E-state index in [4.69, 9.17) is 9.47 Å². The van der Waals surface area contributed by atoms with E-state index in [1.165, 1.54) is 39.0 Å². The minimum Gasteiger partial charge on any atom is -0.456 e. The molecule has 0 aliphatic carbocycles. The maximum atomic E-state index is 14.5. The van der Waals surface area contributed by atoms with Gasteiger partial charge in [0.25, 0.3) is 22.2 Å². The highest BCUT2D eigenvalue weighted by Crippen LogP contribution is 2.45. The summed E-state index contributed by atoms with van der Waals surface area (Å²) in [4.78, 5) is 53.0. The summed E-state index contributed by atoms with van der Waals surface area (Å²) in [6.45, 7) is 14.7. The number of aromatic nitrogens is 2. The van der Waals surface area contributed by atoms with E-state index in [2.05, 4.69) is 0 Å². The summed E-state index contributed by atoms with van der Waals surface area (Å²) in [7, 11) is 0. The van der Waals surface area contributed by atoms with Crippen molar-refractivity contribution in [1.82, 2.24) is 9.13 Å². The Morgan fingerprint density at radius 1 is 0.547 bits per heavy atom. The van der Waals surface area contributed by atoms with Gasteiger partial charge in [0.05, 0.1) is 32.8 Å². The van der Waals surface area contributed by atoms with E-state index in [1.807, 2.05) is 0 Å². The lowest BCUT2D eigenvalue weighted by atomic mass is 9.86. The van der Waals surface area contributed by atoms with Crippen LogP contribution in [0.1, 0.15) is 74.9 Å². The van der Waals surface area contributed by atoms with Crippen molar-refractivity contribution in [3.63, 3.8) is 0 Å². The molecule has 0 aliphatic heterocycles. The molecule has 0 fully saturated rings. The normalized spacial score (nSPS) is 13.1. The summed E-state index contributed by atoms with van der Waals surface area (Å²) in [5, 5.41) is -1.11. The Kier molecular flexibility index (Phi) is 8.32. The van der Waals surface area contributed by atoms with Crippen LogP contribution < -0.4 is 31.7 Å². The second kappa shape index (κ2) is 11.8. The van der Waals surface area contributed by atoms with E-state index in [1.54, 1.807) is 41.5 Å². The number of nitrogens with zero attached hydrogens (tertiary/aromatic N) is 2. The van der Waals surface area contributed by atoms with E-state index in [-0.39, 0.29) is 44.2 Å². The van der Waals surface area contributed by atoms with Gasteiger partial charge in [-0.15, -0.1) is 0 Å². The molecule has 4 aromatic carbocycles. The van der Waals surface area contributed by atoms with Gasteiger partial charge in [-0.3, -0.25) is 23.7 Å². The topological polar surface area (TPSA) is 96.6 Å². The first-order valence-corrected chi connectivity index (χ1v) is 16.4. The molecule has 0 unspecified atom stereocenters. The molecule has 0 saturated carbocycles. The number of hydrogen-bond acceptors (Lipinski definition) is 6. The molecule has 0 amide bonds. The molecule has 2 aromatic heterocycles. The minimum absolute atomic E-state index is 0.0525. The molecule has 278 valence electrons. The lowest BCUT2D eigenvalue weighted by Crippen LogP contribution is -2.38. The van der Waals surface area contributed by atoms with Crippen molar-refractivity contribution in [1.29, 1.82) is 0 Å². The molecule has 0 N–H and O–H groups in total. The zero-order valence-corrected chi connectivity index (χ0v) is 30.2. The highest BCUT2D eigenvalue weighted by atomic mass is 19.4. The molecule has 0 bridgehead atoms. The van der Waals surface area contributed by atoms with E-state index in [0.29, 0.717) is 21.8 Å². The molecule has 2 heterocycles. The summed E-state index contributed by atoms with van der Waals surface area (Å²) in [5.74, 6) is -1.13. The molecular weight excluding hydrogens is 706 g/mol. The third-order valence-corrected chi connectivity index (χ3v) is 9.43. The second-order valence-electron chi connectivity index (χ2n) is 15.2. The van der Waals surface area contributed by atoms with Crippen molar-refractivity contribution in [3.05, 3.63) is 117 Å². The number of ether oxygens (including phenoxy) is 2. The Labute approximate surface area is 297 Å².